The summed E-state index contributed by atoms with van der Waals surface area (Å²) in [6.07, 6.45) is 4.80. The van der Waals surface area contributed by atoms with Crippen LogP contribution in [0.4, 0.5) is 5.69 Å². The number of furan rings is 1. The molecule has 0 atom stereocenters. The highest BCUT2D eigenvalue weighted by molar-refractivity contribution is 5.77. The molecule has 2 aromatic rings. The summed E-state index contributed by atoms with van der Waals surface area (Å²) in [6, 6.07) is 8.56. The van der Waals surface area contributed by atoms with E-state index in [1.54, 1.807) is 6.26 Å². The number of nitriles is 1. The first-order chi connectivity index (χ1) is 12.5. The average Bonchev–Trinajstić information content (AvgIpc) is 3.14. The summed E-state index contributed by atoms with van der Waals surface area (Å²) in [5.41, 5.74) is 4.92. The molecule has 1 aromatic carbocycles. The van der Waals surface area contributed by atoms with E-state index in [4.69, 9.17) is 9.15 Å². The van der Waals surface area contributed by atoms with E-state index in [-0.39, 0.29) is 5.60 Å². The summed E-state index contributed by atoms with van der Waals surface area (Å²) in [4.78, 5) is 2.38. The van der Waals surface area contributed by atoms with Crippen LogP contribution in [0.2, 0.25) is 0 Å². The lowest BCUT2D eigenvalue weighted by Gasteiger charge is -2.37. The predicted molar refractivity (Wildman–Crippen MR) is 102 cm³/mol. The fraction of sp³-hybridized carbons (Fsp3) is 0.500. The van der Waals surface area contributed by atoms with Crippen molar-refractivity contribution in [1.29, 1.82) is 5.26 Å². The zero-order valence-corrected chi connectivity index (χ0v) is 15.8. The molecule has 0 saturated carbocycles. The van der Waals surface area contributed by atoms with E-state index < -0.39 is 0 Å². The molecule has 1 fully saturated rings. The lowest BCUT2D eigenvalue weighted by molar-refractivity contribution is -0.0399. The highest BCUT2D eigenvalue weighted by Crippen LogP contribution is 2.41. The third kappa shape index (κ3) is 3.01. The van der Waals surface area contributed by atoms with Crippen molar-refractivity contribution in [3.63, 3.8) is 0 Å². The van der Waals surface area contributed by atoms with E-state index >= 15 is 0 Å². The Morgan fingerprint density at radius 3 is 2.65 bits per heavy atom. The van der Waals surface area contributed by atoms with Crippen LogP contribution in [0.1, 0.15) is 50.3 Å². The van der Waals surface area contributed by atoms with Crippen LogP contribution in [0.15, 0.2) is 28.9 Å². The first-order valence-corrected chi connectivity index (χ1v) is 9.50. The van der Waals surface area contributed by atoms with Crippen molar-refractivity contribution in [1.82, 2.24) is 0 Å². The lowest BCUT2D eigenvalue weighted by atomic mass is 9.84. The molecule has 0 amide bonds. The van der Waals surface area contributed by atoms with Gasteiger partial charge >= 0.3 is 0 Å². The third-order valence-corrected chi connectivity index (χ3v) is 5.76. The van der Waals surface area contributed by atoms with Gasteiger partial charge in [0.25, 0.3) is 0 Å². The monoisotopic (exact) mass is 350 g/mol. The molecule has 4 heteroatoms. The zero-order chi connectivity index (χ0) is 18.3. The fourth-order valence-electron chi connectivity index (χ4n) is 4.14. The van der Waals surface area contributed by atoms with Crippen LogP contribution in [0.3, 0.4) is 0 Å². The van der Waals surface area contributed by atoms with Gasteiger partial charge in [0.2, 0.25) is 0 Å². The fourth-order valence-corrected chi connectivity index (χ4v) is 4.14. The summed E-state index contributed by atoms with van der Waals surface area (Å²) in [5, 5.41) is 10.0. The average molecular weight is 350 g/mol. The minimum atomic E-state index is -0.256. The van der Waals surface area contributed by atoms with Crippen LogP contribution in [0.25, 0.3) is 11.3 Å². The topological polar surface area (TPSA) is 49.4 Å². The molecule has 0 bridgehead atoms. The minimum absolute atomic E-state index is 0.256. The first-order valence-electron chi connectivity index (χ1n) is 9.50. The number of hydrogen-bond donors (Lipinski definition) is 0. The molecule has 26 heavy (non-hydrogen) atoms. The highest BCUT2D eigenvalue weighted by Gasteiger charge is 2.33. The van der Waals surface area contributed by atoms with Crippen molar-refractivity contribution >= 4 is 5.69 Å². The van der Waals surface area contributed by atoms with Crippen LogP contribution in [-0.2, 0) is 17.8 Å². The maximum absolute atomic E-state index is 10.0. The van der Waals surface area contributed by atoms with Crippen LogP contribution < -0.4 is 4.90 Å². The molecule has 3 heterocycles. The van der Waals surface area contributed by atoms with Gasteiger partial charge in [0.15, 0.2) is 0 Å². The maximum atomic E-state index is 10.0. The number of rotatable bonds is 2. The van der Waals surface area contributed by atoms with E-state index in [2.05, 4.69) is 37.8 Å². The van der Waals surface area contributed by atoms with E-state index in [1.807, 2.05) is 12.1 Å². The third-order valence-electron chi connectivity index (χ3n) is 5.76. The standard InChI is InChI=1S/C22H26N2O2/c1-15-6-8-24(9-7-15)20-11-16(21-5-4-10-25-21)19-14-26-22(2,3)12-17(19)18(20)13-23/h4-5,10-11,15H,6-9,12,14H2,1-3H3. The van der Waals surface area contributed by atoms with Crippen molar-refractivity contribution in [2.45, 2.75) is 52.2 Å². The van der Waals surface area contributed by atoms with E-state index in [1.165, 1.54) is 12.8 Å². The largest absolute Gasteiger partial charge is 0.464 e. The molecule has 0 unspecified atom stereocenters. The number of fused-ring (bicyclic) bond motifs is 1. The van der Waals surface area contributed by atoms with Crippen LogP contribution in [-0.4, -0.2) is 18.7 Å². The van der Waals surface area contributed by atoms with Crippen molar-refractivity contribution in [3.8, 4) is 17.4 Å². The highest BCUT2D eigenvalue weighted by atomic mass is 16.5. The number of benzene rings is 1. The van der Waals surface area contributed by atoms with E-state index in [9.17, 15) is 5.26 Å². The van der Waals surface area contributed by atoms with Crippen molar-refractivity contribution < 1.29 is 9.15 Å². The molecule has 1 aromatic heterocycles. The summed E-state index contributed by atoms with van der Waals surface area (Å²) >= 11 is 0. The van der Waals surface area contributed by atoms with Gasteiger partial charge in [-0.25, -0.2) is 0 Å². The zero-order valence-electron chi connectivity index (χ0n) is 15.8. The predicted octanol–water partition coefficient (Wildman–Crippen LogP) is 4.91. The van der Waals surface area contributed by atoms with Gasteiger partial charge < -0.3 is 14.1 Å². The lowest BCUT2D eigenvalue weighted by Crippen LogP contribution is -2.36. The Morgan fingerprint density at radius 2 is 2.00 bits per heavy atom. The molecular weight excluding hydrogens is 324 g/mol. The number of nitrogens with zero attached hydrogens (tertiary/aromatic N) is 2. The minimum Gasteiger partial charge on any atom is -0.464 e. The smallest absolute Gasteiger partial charge is 0.134 e. The summed E-state index contributed by atoms with van der Waals surface area (Å²) in [5.74, 6) is 1.60. The number of piperidine rings is 1. The molecule has 4 rings (SSSR count). The van der Waals surface area contributed by atoms with Gasteiger partial charge in [-0.15, -0.1) is 0 Å². The van der Waals surface area contributed by atoms with Gasteiger partial charge in [-0.05, 0) is 61.9 Å². The van der Waals surface area contributed by atoms with E-state index in [0.717, 1.165) is 59.1 Å². The Balaban J connectivity index is 1.89. The van der Waals surface area contributed by atoms with Crippen molar-refractivity contribution in [3.05, 3.63) is 41.2 Å². The molecule has 4 nitrogen and oxygen atoms in total. The van der Waals surface area contributed by atoms with E-state index in [0.29, 0.717) is 6.61 Å². The molecule has 0 aliphatic carbocycles. The molecule has 2 aliphatic heterocycles. The summed E-state index contributed by atoms with van der Waals surface area (Å²) in [7, 11) is 0. The van der Waals surface area contributed by atoms with Gasteiger partial charge in [0, 0.05) is 25.1 Å². The Bertz CT molecular complexity index is 838. The molecule has 0 N–H and O–H groups in total. The number of hydrogen-bond acceptors (Lipinski definition) is 4. The van der Waals surface area contributed by atoms with Gasteiger partial charge in [-0.3, -0.25) is 0 Å². The Morgan fingerprint density at radius 1 is 1.23 bits per heavy atom. The van der Waals surface area contributed by atoms with Crippen molar-refractivity contribution in [2.24, 2.45) is 5.92 Å². The van der Waals surface area contributed by atoms with Gasteiger partial charge in [0.1, 0.15) is 11.8 Å². The molecule has 2 aliphatic rings. The first kappa shape index (κ1) is 17.2. The van der Waals surface area contributed by atoms with Crippen molar-refractivity contribution in [2.75, 3.05) is 18.0 Å². The second-order valence-electron chi connectivity index (χ2n) is 8.26. The second-order valence-corrected chi connectivity index (χ2v) is 8.26. The summed E-state index contributed by atoms with van der Waals surface area (Å²) < 4.78 is 11.8. The quantitative estimate of drug-likeness (QED) is 0.772. The number of anilines is 1. The summed E-state index contributed by atoms with van der Waals surface area (Å²) in [6.45, 7) is 9.03. The molecule has 0 radical (unpaired) electrons. The molecule has 136 valence electrons. The molecular formula is C22H26N2O2. The Labute approximate surface area is 155 Å². The van der Waals surface area contributed by atoms with Crippen LogP contribution in [0.5, 0.6) is 0 Å². The van der Waals surface area contributed by atoms with Crippen LogP contribution >= 0.6 is 0 Å². The van der Waals surface area contributed by atoms with Crippen LogP contribution in [0, 0.1) is 17.2 Å². The number of ether oxygens (including phenoxy) is 1. The SMILES string of the molecule is CC1CCN(c2cc(-c3ccco3)c3c(c2C#N)CC(C)(C)OC3)CC1. The Kier molecular flexibility index (Phi) is 4.28. The maximum Gasteiger partial charge on any atom is 0.134 e. The Hall–Kier alpha value is -2.25. The van der Waals surface area contributed by atoms with Gasteiger partial charge in [-0.1, -0.05) is 6.92 Å². The second kappa shape index (κ2) is 6.48. The molecule has 1 saturated heterocycles. The van der Waals surface area contributed by atoms with Gasteiger partial charge in [0.05, 0.1) is 29.7 Å². The normalized spacial score (nSPS) is 19.8. The van der Waals surface area contributed by atoms with Gasteiger partial charge in [-0.2, -0.15) is 5.26 Å². The molecule has 0 spiro atoms.